The second-order valence-electron chi connectivity index (χ2n) is 6.35. The van der Waals surface area contributed by atoms with Gasteiger partial charge in [0.25, 0.3) is 5.91 Å². The molecule has 2 aromatic rings. The van der Waals surface area contributed by atoms with Gasteiger partial charge in [0, 0.05) is 12.1 Å². The van der Waals surface area contributed by atoms with Gasteiger partial charge in [-0.2, -0.15) is 0 Å². The fourth-order valence-electron chi connectivity index (χ4n) is 2.98. The highest BCUT2D eigenvalue weighted by Crippen LogP contribution is 2.25. The molecule has 8 heteroatoms. The summed E-state index contributed by atoms with van der Waals surface area (Å²) in [5.74, 6) is 0.447. The topological polar surface area (TPSA) is 97.1 Å². The lowest BCUT2D eigenvalue weighted by atomic mass is 9.94. The van der Waals surface area contributed by atoms with Gasteiger partial charge in [-0.15, -0.1) is 12.4 Å². The van der Waals surface area contributed by atoms with Gasteiger partial charge < -0.3 is 15.1 Å². The van der Waals surface area contributed by atoms with Crippen LogP contribution >= 0.6 is 12.4 Å². The largest absolute Gasteiger partial charge is 0.427 e. The van der Waals surface area contributed by atoms with Crippen LogP contribution in [0.25, 0.3) is 0 Å². The van der Waals surface area contributed by atoms with Crippen molar-refractivity contribution < 1.29 is 9.21 Å². The molecule has 0 aromatic carbocycles. The number of hydrogen-bond donors (Lipinski definition) is 2. The molecule has 1 saturated heterocycles. The van der Waals surface area contributed by atoms with Crippen LogP contribution in [-0.2, 0) is 6.54 Å². The Morgan fingerprint density at radius 3 is 2.62 bits per heavy atom. The van der Waals surface area contributed by atoms with Crippen LogP contribution in [0.5, 0.6) is 0 Å². The Hall–Kier alpha value is -2.25. The smallest absolute Gasteiger partial charge is 0.349 e. The Morgan fingerprint density at radius 1 is 1.27 bits per heavy atom. The Labute approximate surface area is 158 Å². The number of aromatic nitrogens is 2. The number of nitrogens with one attached hydrogen (secondary N) is 2. The van der Waals surface area contributed by atoms with E-state index < -0.39 is 11.5 Å². The maximum Gasteiger partial charge on any atom is 0.349 e. The first-order valence-electron chi connectivity index (χ1n) is 8.45. The third-order valence-corrected chi connectivity index (χ3v) is 4.40. The molecule has 0 spiro atoms. The molecule has 0 unspecified atom stereocenters. The van der Waals surface area contributed by atoms with Crippen LogP contribution < -0.4 is 16.3 Å². The number of rotatable bonds is 4. The molecule has 2 N–H and O–H groups in total. The summed E-state index contributed by atoms with van der Waals surface area (Å²) in [6.45, 7) is 5.64. The maximum absolute atomic E-state index is 12.4. The highest BCUT2D eigenvalue weighted by atomic mass is 35.5. The van der Waals surface area contributed by atoms with Gasteiger partial charge in [-0.25, -0.2) is 4.79 Å². The quantitative estimate of drug-likeness (QED) is 0.842. The highest BCUT2D eigenvalue weighted by molar-refractivity contribution is 5.95. The Balaban J connectivity index is 0.00000243. The zero-order chi connectivity index (χ0) is 17.8. The monoisotopic (exact) mass is 378 g/mol. The van der Waals surface area contributed by atoms with Crippen LogP contribution in [0.1, 0.15) is 51.8 Å². The fourth-order valence-corrected chi connectivity index (χ4v) is 2.98. The molecule has 0 atom stereocenters. The van der Waals surface area contributed by atoms with Crippen LogP contribution in [0.4, 0.5) is 0 Å². The van der Waals surface area contributed by atoms with E-state index in [-0.39, 0.29) is 30.4 Å². The number of aryl methyl sites for hydroxylation is 2. The number of piperidine rings is 1. The number of carbonyl (C=O) groups is 1. The van der Waals surface area contributed by atoms with Gasteiger partial charge in [-0.1, -0.05) is 0 Å². The van der Waals surface area contributed by atoms with Crippen molar-refractivity contribution in [3.8, 4) is 0 Å². The number of carbonyl (C=O) groups excluding carboxylic acids is 1. The van der Waals surface area contributed by atoms with Gasteiger partial charge in [-0.05, 0) is 51.4 Å². The lowest BCUT2D eigenvalue weighted by Crippen LogP contribution is -2.31. The Morgan fingerprint density at radius 2 is 2.00 bits per heavy atom. The van der Waals surface area contributed by atoms with Gasteiger partial charge in [-0.3, -0.25) is 14.8 Å². The minimum Gasteiger partial charge on any atom is -0.427 e. The van der Waals surface area contributed by atoms with Gasteiger partial charge in [0.2, 0.25) is 0 Å². The molecule has 0 bridgehead atoms. The maximum atomic E-state index is 12.4. The molecule has 1 fully saturated rings. The van der Waals surface area contributed by atoms with Crippen molar-refractivity contribution in [1.82, 2.24) is 20.6 Å². The van der Waals surface area contributed by atoms with Crippen molar-refractivity contribution in [2.45, 2.75) is 39.2 Å². The summed E-state index contributed by atoms with van der Waals surface area (Å²) < 4.78 is 5.45. The van der Waals surface area contributed by atoms with Crippen molar-refractivity contribution in [3.05, 3.63) is 57.2 Å². The minimum atomic E-state index is -0.582. The van der Waals surface area contributed by atoms with E-state index in [2.05, 4.69) is 20.6 Å². The molecule has 1 aliphatic rings. The minimum absolute atomic E-state index is 0. The van der Waals surface area contributed by atoms with E-state index in [1.807, 2.05) is 13.0 Å². The summed E-state index contributed by atoms with van der Waals surface area (Å²) in [5.41, 5.74) is 1.54. The molecule has 2 aromatic heterocycles. The summed E-state index contributed by atoms with van der Waals surface area (Å²) in [4.78, 5) is 33.0. The van der Waals surface area contributed by atoms with Crippen LogP contribution in [0.15, 0.2) is 27.7 Å². The number of amides is 1. The second kappa shape index (κ2) is 8.91. The van der Waals surface area contributed by atoms with E-state index in [1.165, 1.54) is 0 Å². The normalized spacial score (nSPS) is 14.5. The Kier molecular flexibility index (Phi) is 6.88. The molecular formula is C18H23ClN4O3. The van der Waals surface area contributed by atoms with E-state index in [0.717, 1.165) is 31.6 Å². The molecule has 0 radical (unpaired) electrons. The summed E-state index contributed by atoms with van der Waals surface area (Å²) in [6.07, 6.45) is 5.10. The van der Waals surface area contributed by atoms with Crippen molar-refractivity contribution in [1.29, 1.82) is 0 Å². The van der Waals surface area contributed by atoms with E-state index in [9.17, 15) is 9.59 Å². The second-order valence-corrected chi connectivity index (χ2v) is 6.35. The molecule has 1 amide bonds. The van der Waals surface area contributed by atoms with Crippen molar-refractivity contribution >= 4 is 18.3 Å². The molecule has 0 saturated carbocycles. The van der Waals surface area contributed by atoms with E-state index in [1.54, 1.807) is 19.3 Å². The van der Waals surface area contributed by atoms with E-state index in [0.29, 0.717) is 17.0 Å². The lowest BCUT2D eigenvalue weighted by molar-refractivity contribution is 0.0945. The van der Waals surface area contributed by atoms with E-state index in [4.69, 9.17) is 4.42 Å². The third-order valence-electron chi connectivity index (χ3n) is 4.40. The Bertz CT molecular complexity index is 814. The first kappa shape index (κ1) is 20.1. The molecule has 3 rings (SSSR count). The summed E-state index contributed by atoms with van der Waals surface area (Å²) in [6, 6.07) is 1.82. The van der Waals surface area contributed by atoms with Crippen LogP contribution in [0.3, 0.4) is 0 Å². The van der Waals surface area contributed by atoms with Gasteiger partial charge in [0.15, 0.2) is 0 Å². The summed E-state index contributed by atoms with van der Waals surface area (Å²) in [7, 11) is 0. The highest BCUT2D eigenvalue weighted by Gasteiger charge is 2.22. The first-order chi connectivity index (χ1) is 12.0. The molecule has 0 aliphatic carbocycles. The molecule has 1 aliphatic heterocycles. The van der Waals surface area contributed by atoms with Crippen LogP contribution in [-0.4, -0.2) is 29.0 Å². The molecule has 26 heavy (non-hydrogen) atoms. The average Bonchev–Trinajstić information content (AvgIpc) is 2.61. The average molecular weight is 379 g/mol. The van der Waals surface area contributed by atoms with Crippen molar-refractivity contribution in [2.75, 3.05) is 13.1 Å². The molecule has 7 nitrogen and oxygen atoms in total. The fraction of sp³-hybridized carbons (Fsp3) is 0.444. The lowest BCUT2D eigenvalue weighted by Gasteiger charge is -2.21. The predicted molar refractivity (Wildman–Crippen MR) is 99.7 cm³/mol. The van der Waals surface area contributed by atoms with Crippen molar-refractivity contribution in [3.63, 3.8) is 0 Å². The first-order valence-corrected chi connectivity index (χ1v) is 8.45. The van der Waals surface area contributed by atoms with E-state index >= 15 is 0 Å². The summed E-state index contributed by atoms with van der Waals surface area (Å²) in [5, 5.41) is 5.99. The van der Waals surface area contributed by atoms with Crippen LogP contribution in [0, 0.1) is 13.8 Å². The zero-order valence-corrected chi connectivity index (χ0v) is 15.7. The van der Waals surface area contributed by atoms with Crippen LogP contribution in [0.2, 0.25) is 0 Å². The molecule has 140 valence electrons. The van der Waals surface area contributed by atoms with Gasteiger partial charge in [0.05, 0.1) is 24.1 Å². The number of halogens is 1. The van der Waals surface area contributed by atoms with Gasteiger partial charge in [0.1, 0.15) is 11.3 Å². The standard InChI is InChI=1S/C18H22N4O3.ClH/c1-11-7-15(13-3-5-19-6-4-13)25-18(24)16(11)17(23)22-10-14-9-20-12(2)8-21-14;/h7-9,13,19H,3-6,10H2,1-2H3,(H,22,23);1H. The SMILES string of the molecule is Cc1cnc(CNC(=O)c2c(C)cc(C3CCNCC3)oc2=O)cn1.Cl. The molecule has 3 heterocycles. The molecular weight excluding hydrogens is 356 g/mol. The third kappa shape index (κ3) is 4.68. The van der Waals surface area contributed by atoms with Gasteiger partial charge >= 0.3 is 5.63 Å². The van der Waals surface area contributed by atoms with Crippen molar-refractivity contribution in [2.24, 2.45) is 0 Å². The number of hydrogen-bond acceptors (Lipinski definition) is 6. The summed E-state index contributed by atoms with van der Waals surface area (Å²) >= 11 is 0. The zero-order valence-electron chi connectivity index (χ0n) is 14.9. The number of nitrogens with zero attached hydrogens (tertiary/aromatic N) is 2. The predicted octanol–water partition coefficient (Wildman–Crippen LogP) is 1.87.